The summed E-state index contributed by atoms with van der Waals surface area (Å²) in [6, 6.07) is -0.0818. The number of nitrogens with one attached hydrogen (secondary N) is 1. The van der Waals surface area contributed by atoms with Crippen LogP contribution < -0.4 is 5.32 Å². The van der Waals surface area contributed by atoms with Crippen molar-refractivity contribution < 1.29 is 9.84 Å². The Morgan fingerprint density at radius 2 is 2.24 bits per heavy atom. The highest BCUT2D eigenvalue weighted by Gasteiger charge is 2.27. The fourth-order valence-corrected chi connectivity index (χ4v) is 1.85. The first-order chi connectivity index (χ1) is 8.24. The van der Waals surface area contributed by atoms with Crippen molar-refractivity contribution in [3.63, 3.8) is 0 Å². The first-order valence-electron chi connectivity index (χ1n) is 6.11. The highest BCUT2D eigenvalue weighted by Crippen LogP contribution is 2.16. The molecule has 0 aromatic carbocycles. The molecule has 2 rings (SSSR count). The van der Waals surface area contributed by atoms with Gasteiger partial charge in [0.1, 0.15) is 5.82 Å². The molecule has 1 aliphatic heterocycles. The third kappa shape index (κ3) is 2.73. The van der Waals surface area contributed by atoms with E-state index in [-0.39, 0.29) is 6.04 Å². The van der Waals surface area contributed by atoms with Gasteiger partial charge in [-0.15, -0.1) is 0 Å². The number of aliphatic hydroxyl groups is 1. The van der Waals surface area contributed by atoms with Gasteiger partial charge in [0.25, 0.3) is 0 Å². The molecule has 1 aliphatic rings. The number of ether oxygens (including phenoxy) is 1. The number of hydrogen-bond acceptors (Lipinski definition) is 5. The van der Waals surface area contributed by atoms with Gasteiger partial charge in [-0.05, 0) is 12.8 Å². The molecule has 5 heteroatoms. The molecule has 17 heavy (non-hydrogen) atoms. The van der Waals surface area contributed by atoms with E-state index < -0.39 is 6.10 Å². The molecule has 0 amide bonds. The molecule has 0 spiro atoms. The van der Waals surface area contributed by atoms with Crippen molar-refractivity contribution in [2.75, 3.05) is 18.5 Å². The maximum atomic E-state index is 9.70. The molecule has 2 atom stereocenters. The van der Waals surface area contributed by atoms with Gasteiger partial charge in [-0.1, -0.05) is 13.8 Å². The third-order valence-corrected chi connectivity index (χ3v) is 2.97. The van der Waals surface area contributed by atoms with E-state index in [0.717, 1.165) is 30.0 Å². The molecule has 1 fully saturated rings. The quantitative estimate of drug-likeness (QED) is 0.809. The molecule has 1 aromatic heterocycles. The highest BCUT2D eigenvalue weighted by atomic mass is 16.5. The summed E-state index contributed by atoms with van der Waals surface area (Å²) < 4.78 is 5.21. The number of hydrogen-bond donors (Lipinski definition) is 2. The number of rotatable bonds is 4. The molecular formula is C12H19N3O2. The number of aliphatic hydroxyl groups excluding tert-OH is 1. The minimum absolute atomic E-state index is 0.0818. The van der Waals surface area contributed by atoms with Crippen LogP contribution >= 0.6 is 0 Å². The summed E-state index contributed by atoms with van der Waals surface area (Å²) >= 11 is 0. The summed E-state index contributed by atoms with van der Waals surface area (Å²) in [6.45, 7) is 5.00. The van der Waals surface area contributed by atoms with Crippen LogP contribution in [-0.4, -0.2) is 40.4 Å². The van der Waals surface area contributed by atoms with Crippen LogP contribution in [0.5, 0.6) is 0 Å². The van der Waals surface area contributed by atoms with Crippen LogP contribution in [0.25, 0.3) is 0 Å². The van der Waals surface area contributed by atoms with Crippen LogP contribution in [0.15, 0.2) is 6.20 Å². The van der Waals surface area contributed by atoms with E-state index >= 15 is 0 Å². The van der Waals surface area contributed by atoms with Crippen LogP contribution in [-0.2, 0) is 17.6 Å². The van der Waals surface area contributed by atoms with Gasteiger partial charge in [-0.25, -0.2) is 4.98 Å². The molecule has 0 saturated carbocycles. The lowest BCUT2D eigenvalue weighted by molar-refractivity contribution is 0.125. The Hall–Kier alpha value is -1.20. The van der Waals surface area contributed by atoms with Gasteiger partial charge < -0.3 is 15.2 Å². The fourth-order valence-electron chi connectivity index (χ4n) is 1.85. The van der Waals surface area contributed by atoms with Crippen molar-refractivity contribution in [3.8, 4) is 0 Å². The Morgan fingerprint density at radius 3 is 2.82 bits per heavy atom. The van der Waals surface area contributed by atoms with Crippen LogP contribution in [0.3, 0.4) is 0 Å². The van der Waals surface area contributed by atoms with Crippen molar-refractivity contribution in [1.29, 1.82) is 0 Å². The van der Waals surface area contributed by atoms with Gasteiger partial charge in [-0.2, -0.15) is 0 Å². The van der Waals surface area contributed by atoms with Gasteiger partial charge in [0.05, 0.1) is 36.7 Å². The Balaban J connectivity index is 2.17. The zero-order valence-corrected chi connectivity index (χ0v) is 10.3. The molecule has 0 aliphatic carbocycles. The van der Waals surface area contributed by atoms with Crippen molar-refractivity contribution >= 4 is 5.82 Å². The molecule has 1 saturated heterocycles. The summed E-state index contributed by atoms with van der Waals surface area (Å²) in [5, 5.41) is 12.9. The first-order valence-corrected chi connectivity index (χ1v) is 6.11. The summed E-state index contributed by atoms with van der Waals surface area (Å²) in [7, 11) is 0. The maximum Gasteiger partial charge on any atom is 0.148 e. The Bertz CT molecular complexity index is 384. The molecule has 0 bridgehead atoms. The fraction of sp³-hybridized carbons (Fsp3) is 0.667. The average Bonchev–Trinajstić information content (AvgIpc) is 2.75. The Labute approximate surface area is 101 Å². The molecule has 94 valence electrons. The van der Waals surface area contributed by atoms with Crippen molar-refractivity contribution in [1.82, 2.24) is 9.97 Å². The molecular weight excluding hydrogens is 218 g/mol. The van der Waals surface area contributed by atoms with E-state index in [1.54, 1.807) is 0 Å². The van der Waals surface area contributed by atoms with E-state index in [4.69, 9.17) is 4.74 Å². The van der Waals surface area contributed by atoms with Gasteiger partial charge in [0, 0.05) is 6.20 Å². The van der Waals surface area contributed by atoms with E-state index in [1.165, 1.54) is 0 Å². The summed E-state index contributed by atoms with van der Waals surface area (Å²) in [4.78, 5) is 8.91. The number of aryl methyl sites for hydroxylation is 2. The SMILES string of the molecule is CCc1cnc(CC)c(N[C@H]2COC[C@@H]2O)n1. The second kappa shape index (κ2) is 5.42. The van der Waals surface area contributed by atoms with Crippen LogP contribution in [0.1, 0.15) is 25.2 Å². The topological polar surface area (TPSA) is 67.3 Å². The molecule has 2 heterocycles. The standard InChI is InChI=1S/C12H19N3O2/c1-3-8-5-13-9(4-2)12(14-8)15-10-6-17-7-11(10)16/h5,10-11,16H,3-4,6-7H2,1-2H3,(H,14,15)/t10-,11-/m0/s1. The zero-order chi connectivity index (χ0) is 12.3. The van der Waals surface area contributed by atoms with Crippen molar-refractivity contribution in [3.05, 3.63) is 17.6 Å². The van der Waals surface area contributed by atoms with Gasteiger partial charge >= 0.3 is 0 Å². The molecule has 0 unspecified atom stereocenters. The third-order valence-electron chi connectivity index (χ3n) is 2.97. The van der Waals surface area contributed by atoms with Crippen LogP contribution in [0.4, 0.5) is 5.82 Å². The van der Waals surface area contributed by atoms with Crippen LogP contribution in [0, 0.1) is 0 Å². The number of anilines is 1. The van der Waals surface area contributed by atoms with E-state index in [1.807, 2.05) is 20.0 Å². The van der Waals surface area contributed by atoms with Crippen molar-refractivity contribution in [2.24, 2.45) is 0 Å². The molecule has 2 N–H and O–H groups in total. The second-order valence-electron chi connectivity index (χ2n) is 4.22. The smallest absolute Gasteiger partial charge is 0.148 e. The zero-order valence-electron chi connectivity index (χ0n) is 10.3. The predicted molar refractivity (Wildman–Crippen MR) is 65.0 cm³/mol. The van der Waals surface area contributed by atoms with E-state index in [2.05, 4.69) is 15.3 Å². The largest absolute Gasteiger partial charge is 0.388 e. The monoisotopic (exact) mass is 237 g/mol. The Kier molecular flexibility index (Phi) is 3.91. The summed E-state index contributed by atoms with van der Waals surface area (Å²) in [6.07, 6.45) is 3.02. The van der Waals surface area contributed by atoms with Gasteiger partial charge in [0.15, 0.2) is 0 Å². The normalized spacial score (nSPS) is 23.9. The summed E-state index contributed by atoms with van der Waals surface area (Å²) in [5.41, 5.74) is 1.89. The average molecular weight is 237 g/mol. The minimum atomic E-state index is -0.466. The van der Waals surface area contributed by atoms with Gasteiger partial charge in [0.2, 0.25) is 0 Å². The maximum absolute atomic E-state index is 9.70. The summed E-state index contributed by atoms with van der Waals surface area (Å²) in [5.74, 6) is 0.779. The van der Waals surface area contributed by atoms with Crippen LogP contribution in [0.2, 0.25) is 0 Å². The van der Waals surface area contributed by atoms with E-state index in [0.29, 0.717) is 13.2 Å². The lowest BCUT2D eigenvalue weighted by atomic mass is 10.2. The molecule has 5 nitrogen and oxygen atoms in total. The second-order valence-corrected chi connectivity index (χ2v) is 4.22. The van der Waals surface area contributed by atoms with E-state index in [9.17, 15) is 5.11 Å². The number of aromatic nitrogens is 2. The Morgan fingerprint density at radius 1 is 1.41 bits per heavy atom. The molecule has 1 aromatic rings. The minimum Gasteiger partial charge on any atom is -0.388 e. The lowest BCUT2D eigenvalue weighted by Gasteiger charge is -2.17. The number of nitrogens with zero attached hydrogens (tertiary/aromatic N) is 2. The van der Waals surface area contributed by atoms with Gasteiger partial charge in [-0.3, -0.25) is 4.98 Å². The predicted octanol–water partition coefficient (Wildman–Crippen LogP) is 0.773. The van der Waals surface area contributed by atoms with Crippen molar-refractivity contribution in [2.45, 2.75) is 38.8 Å². The lowest BCUT2D eigenvalue weighted by Crippen LogP contribution is -2.32. The first kappa shape index (κ1) is 12.3. The molecule has 0 radical (unpaired) electrons. The highest BCUT2D eigenvalue weighted by molar-refractivity contribution is 5.42.